The number of nitrogens with zero attached hydrogens (tertiary/aromatic N) is 3. The summed E-state index contributed by atoms with van der Waals surface area (Å²) in [6.45, 7) is 2.15. The van der Waals surface area contributed by atoms with Crippen molar-refractivity contribution in [2.24, 2.45) is 0 Å². The lowest BCUT2D eigenvalue weighted by Crippen LogP contribution is -2.05. The molecule has 1 aliphatic carbocycles. The van der Waals surface area contributed by atoms with Gasteiger partial charge in [0, 0.05) is 12.2 Å². The molecule has 0 saturated heterocycles. The molecule has 4 heteroatoms. The Morgan fingerprint density at radius 3 is 2.82 bits per heavy atom. The van der Waals surface area contributed by atoms with Crippen molar-refractivity contribution in [2.45, 2.75) is 45.1 Å². The molecule has 2 N–H and O–H groups in total. The van der Waals surface area contributed by atoms with E-state index in [1.807, 2.05) is 12.5 Å². The smallest absolute Gasteiger partial charge is 0.151 e. The Morgan fingerprint density at radius 2 is 2.12 bits per heavy atom. The predicted octanol–water partition coefficient (Wildman–Crippen LogP) is 2.69. The molecule has 1 aliphatic rings. The minimum absolute atomic E-state index is 0.550. The van der Waals surface area contributed by atoms with E-state index < -0.39 is 0 Å². The SMILES string of the molecule is CCc1cnc(N)c2ncn(C3CCCC3)c12. The number of pyridine rings is 1. The molecule has 3 rings (SSSR count). The van der Waals surface area contributed by atoms with Crippen LogP contribution < -0.4 is 5.73 Å². The second kappa shape index (κ2) is 4.02. The molecule has 17 heavy (non-hydrogen) atoms. The third-order valence-corrected chi connectivity index (χ3v) is 3.80. The molecule has 90 valence electrons. The van der Waals surface area contributed by atoms with E-state index in [0.29, 0.717) is 11.9 Å². The summed E-state index contributed by atoms with van der Waals surface area (Å²) in [5.41, 5.74) is 9.23. The van der Waals surface area contributed by atoms with Gasteiger partial charge in [-0.15, -0.1) is 0 Å². The summed E-state index contributed by atoms with van der Waals surface area (Å²) in [5.74, 6) is 0.550. The van der Waals surface area contributed by atoms with Gasteiger partial charge in [0.2, 0.25) is 0 Å². The molecule has 0 bridgehead atoms. The Morgan fingerprint density at radius 1 is 1.35 bits per heavy atom. The van der Waals surface area contributed by atoms with Crippen LogP contribution in [0.4, 0.5) is 5.82 Å². The van der Waals surface area contributed by atoms with Gasteiger partial charge in [-0.25, -0.2) is 9.97 Å². The lowest BCUT2D eigenvalue weighted by Gasteiger charge is -2.14. The van der Waals surface area contributed by atoms with E-state index in [4.69, 9.17) is 5.73 Å². The minimum Gasteiger partial charge on any atom is -0.382 e. The van der Waals surface area contributed by atoms with Crippen molar-refractivity contribution in [3.63, 3.8) is 0 Å². The molecule has 2 aromatic heterocycles. The number of fused-ring (bicyclic) bond motifs is 1. The maximum absolute atomic E-state index is 5.90. The number of aromatic nitrogens is 3. The monoisotopic (exact) mass is 230 g/mol. The fraction of sp³-hybridized carbons (Fsp3) is 0.538. The summed E-state index contributed by atoms with van der Waals surface area (Å²) in [4.78, 5) is 8.67. The molecule has 0 aliphatic heterocycles. The fourth-order valence-electron chi connectivity index (χ4n) is 2.85. The first kappa shape index (κ1) is 10.6. The summed E-state index contributed by atoms with van der Waals surface area (Å²) in [7, 11) is 0. The Bertz CT molecular complexity index is 538. The fourth-order valence-corrected chi connectivity index (χ4v) is 2.85. The normalized spacial score (nSPS) is 17.0. The molecule has 0 amide bonds. The number of rotatable bonds is 2. The number of imidazole rings is 1. The van der Waals surface area contributed by atoms with Crippen LogP contribution in [0.1, 0.15) is 44.2 Å². The van der Waals surface area contributed by atoms with E-state index >= 15 is 0 Å². The zero-order valence-corrected chi connectivity index (χ0v) is 10.2. The maximum atomic E-state index is 5.90. The number of nitrogen functional groups attached to an aromatic ring is 1. The Kier molecular flexibility index (Phi) is 2.50. The first-order chi connectivity index (χ1) is 8.31. The van der Waals surface area contributed by atoms with Gasteiger partial charge >= 0.3 is 0 Å². The quantitative estimate of drug-likeness (QED) is 0.863. The first-order valence-electron chi connectivity index (χ1n) is 6.41. The molecule has 0 spiro atoms. The summed E-state index contributed by atoms with van der Waals surface area (Å²) >= 11 is 0. The minimum atomic E-state index is 0.550. The van der Waals surface area contributed by atoms with Crippen LogP contribution in [0.3, 0.4) is 0 Å². The summed E-state index contributed by atoms with van der Waals surface area (Å²) in [6.07, 6.45) is 9.98. The van der Waals surface area contributed by atoms with Crippen molar-refractivity contribution < 1.29 is 0 Å². The molecule has 0 aromatic carbocycles. The van der Waals surface area contributed by atoms with E-state index in [1.165, 1.54) is 36.8 Å². The van der Waals surface area contributed by atoms with E-state index in [1.54, 1.807) is 0 Å². The van der Waals surface area contributed by atoms with Gasteiger partial charge < -0.3 is 10.3 Å². The molecule has 1 saturated carbocycles. The van der Waals surface area contributed by atoms with Crippen molar-refractivity contribution in [1.82, 2.24) is 14.5 Å². The van der Waals surface area contributed by atoms with Crippen molar-refractivity contribution >= 4 is 16.9 Å². The first-order valence-corrected chi connectivity index (χ1v) is 6.41. The molecule has 0 unspecified atom stereocenters. The molecule has 1 fully saturated rings. The zero-order chi connectivity index (χ0) is 11.8. The third kappa shape index (κ3) is 1.59. The highest BCUT2D eigenvalue weighted by atomic mass is 15.1. The summed E-state index contributed by atoms with van der Waals surface area (Å²) in [5, 5.41) is 0. The van der Waals surface area contributed by atoms with Crippen molar-refractivity contribution in [3.05, 3.63) is 18.1 Å². The Balaban J connectivity index is 2.21. The van der Waals surface area contributed by atoms with Gasteiger partial charge in [0.05, 0.1) is 11.8 Å². The van der Waals surface area contributed by atoms with Gasteiger partial charge in [0.1, 0.15) is 5.52 Å². The van der Waals surface area contributed by atoms with Crippen LogP contribution in [0, 0.1) is 0 Å². The number of nitrogens with two attached hydrogens (primary N) is 1. The highest BCUT2D eigenvalue weighted by molar-refractivity contribution is 5.87. The van der Waals surface area contributed by atoms with Crippen molar-refractivity contribution in [2.75, 3.05) is 5.73 Å². The van der Waals surface area contributed by atoms with Crippen LogP contribution in [0.25, 0.3) is 11.0 Å². The van der Waals surface area contributed by atoms with Crippen LogP contribution in [0.2, 0.25) is 0 Å². The van der Waals surface area contributed by atoms with Crippen LogP contribution in [0.5, 0.6) is 0 Å². The average Bonchev–Trinajstić information content (AvgIpc) is 2.98. The molecule has 2 aromatic rings. The summed E-state index contributed by atoms with van der Waals surface area (Å²) in [6, 6.07) is 0.604. The van der Waals surface area contributed by atoms with Gasteiger partial charge in [-0.3, -0.25) is 0 Å². The number of hydrogen-bond acceptors (Lipinski definition) is 3. The van der Waals surface area contributed by atoms with E-state index in [-0.39, 0.29) is 0 Å². The molecule has 0 atom stereocenters. The standard InChI is InChI=1S/C13H18N4/c1-2-9-7-15-13(14)11-12(9)17(8-16-11)10-5-3-4-6-10/h7-8,10H,2-6H2,1H3,(H2,14,15). The average molecular weight is 230 g/mol. The second-order valence-corrected chi connectivity index (χ2v) is 4.81. The van der Waals surface area contributed by atoms with Gasteiger partial charge in [0.15, 0.2) is 5.82 Å². The number of aryl methyl sites for hydroxylation is 1. The van der Waals surface area contributed by atoms with Crippen LogP contribution in [0.15, 0.2) is 12.5 Å². The van der Waals surface area contributed by atoms with Crippen LogP contribution >= 0.6 is 0 Å². The largest absolute Gasteiger partial charge is 0.382 e. The maximum Gasteiger partial charge on any atom is 0.151 e. The zero-order valence-electron chi connectivity index (χ0n) is 10.2. The van der Waals surface area contributed by atoms with Gasteiger partial charge in [-0.2, -0.15) is 0 Å². The highest BCUT2D eigenvalue weighted by Crippen LogP contribution is 2.33. The van der Waals surface area contributed by atoms with Gasteiger partial charge in [0.25, 0.3) is 0 Å². The molecule has 0 radical (unpaired) electrons. The molecule has 2 heterocycles. The summed E-state index contributed by atoms with van der Waals surface area (Å²) < 4.78 is 2.32. The van der Waals surface area contributed by atoms with E-state index in [9.17, 15) is 0 Å². The van der Waals surface area contributed by atoms with Gasteiger partial charge in [-0.1, -0.05) is 19.8 Å². The highest BCUT2D eigenvalue weighted by Gasteiger charge is 2.20. The second-order valence-electron chi connectivity index (χ2n) is 4.81. The lowest BCUT2D eigenvalue weighted by atomic mass is 10.1. The molecule has 4 nitrogen and oxygen atoms in total. The number of hydrogen-bond donors (Lipinski definition) is 1. The topological polar surface area (TPSA) is 56.7 Å². The predicted molar refractivity (Wildman–Crippen MR) is 68.8 cm³/mol. The lowest BCUT2D eigenvalue weighted by molar-refractivity contribution is 0.531. The third-order valence-electron chi connectivity index (χ3n) is 3.80. The number of anilines is 1. The van der Waals surface area contributed by atoms with Crippen LogP contribution in [-0.4, -0.2) is 14.5 Å². The molecular weight excluding hydrogens is 212 g/mol. The molecular formula is C13H18N4. The van der Waals surface area contributed by atoms with Gasteiger partial charge in [-0.05, 0) is 24.8 Å². The van der Waals surface area contributed by atoms with Crippen LogP contribution in [-0.2, 0) is 6.42 Å². The van der Waals surface area contributed by atoms with Crippen molar-refractivity contribution in [3.8, 4) is 0 Å². The van der Waals surface area contributed by atoms with E-state index in [2.05, 4.69) is 21.5 Å². The Hall–Kier alpha value is -1.58. The Labute approximate surface area is 101 Å². The van der Waals surface area contributed by atoms with Crippen molar-refractivity contribution in [1.29, 1.82) is 0 Å². The van der Waals surface area contributed by atoms with E-state index in [0.717, 1.165) is 11.9 Å².